The van der Waals surface area contributed by atoms with Crippen LogP contribution in [0.2, 0.25) is 0 Å². The highest BCUT2D eigenvalue weighted by Crippen LogP contribution is 2.32. The van der Waals surface area contributed by atoms with E-state index in [0.29, 0.717) is 6.42 Å². The number of hydrogen-bond donors (Lipinski definition) is 2. The van der Waals surface area contributed by atoms with Gasteiger partial charge >= 0.3 is 0 Å². The van der Waals surface area contributed by atoms with Crippen molar-refractivity contribution in [3.05, 3.63) is 66.1 Å². The molecule has 6 heteroatoms. The van der Waals surface area contributed by atoms with Crippen molar-refractivity contribution in [3.8, 4) is 0 Å². The predicted octanol–water partition coefficient (Wildman–Crippen LogP) is 2.29. The maximum absolute atomic E-state index is 12.9. The van der Waals surface area contributed by atoms with Crippen molar-refractivity contribution in [2.45, 2.75) is 37.8 Å². The Hall–Kier alpha value is -3.15. The molecule has 3 heterocycles. The van der Waals surface area contributed by atoms with Crippen molar-refractivity contribution in [1.82, 2.24) is 20.2 Å². The Kier molecular flexibility index (Phi) is 4.86. The number of aryl methyl sites for hydroxylation is 1. The Balaban J connectivity index is 1.58. The Morgan fingerprint density at radius 3 is 2.61 bits per heavy atom. The van der Waals surface area contributed by atoms with Crippen LogP contribution >= 0.6 is 0 Å². The highest BCUT2D eigenvalue weighted by molar-refractivity contribution is 5.98. The summed E-state index contributed by atoms with van der Waals surface area (Å²) in [5.41, 5.74) is 2.98. The van der Waals surface area contributed by atoms with Gasteiger partial charge in [-0.25, -0.2) is 0 Å². The van der Waals surface area contributed by atoms with Gasteiger partial charge in [-0.05, 0) is 30.2 Å². The van der Waals surface area contributed by atoms with Crippen molar-refractivity contribution in [3.63, 3.8) is 0 Å². The molecule has 28 heavy (non-hydrogen) atoms. The molecule has 0 saturated carbocycles. The summed E-state index contributed by atoms with van der Waals surface area (Å²) in [6, 6.07) is 12.5. The molecule has 2 aromatic heterocycles. The van der Waals surface area contributed by atoms with E-state index in [1.807, 2.05) is 44.3 Å². The van der Waals surface area contributed by atoms with Gasteiger partial charge in [-0.1, -0.05) is 31.2 Å². The summed E-state index contributed by atoms with van der Waals surface area (Å²) in [5, 5.41) is 7.00. The summed E-state index contributed by atoms with van der Waals surface area (Å²) < 4.78 is 2.07. The van der Waals surface area contributed by atoms with Gasteiger partial charge in [0.2, 0.25) is 11.8 Å². The normalized spacial score (nSPS) is 20.6. The highest BCUT2D eigenvalue weighted by Gasteiger charge is 2.39. The molecule has 3 aromatic rings. The van der Waals surface area contributed by atoms with Crippen LogP contribution in [-0.4, -0.2) is 33.4 Å². The molecule has 1 unspecified atom stereocenters. The average molecular weight is 376 g/mol. The SMILES string of the molecule is CC[C@H](c1cn(C)c2ccccc12)[C@H]1NC(=O)C(Cc2ccccn2)NC1=O. The fourth-order valence-corrected chi connectivity index (χ4v) is 4.11. The van der Waals surface area contributed by atoms with Crippen LogP contribution in [0.4, 0.5) is 0 Å². The van der Waals surface area contributed by atoms with E-state index in [2.05, 4.69) is 38.5 Å². The maximum atomic E-state index is 12.9. The van der Waals surface area contributed by atoms with Crippen LogP contribution in [-0.2, 0) is 23.1 Å². The number of pyridine rings is 1. The lowest BCUT2D eigenvalue weighted by molar-refractivity contribution is -0.137. The molecular formula is C22H24N4O2. The number of para-hydroxylation sites is 1. The van der Waals surface area contributed by atoms with Crippen LogP contribution in [0.25, 0.3) is 10.9 Å². The quantitative estimate of drug-likeness (QED) is 0.717. The molecule has 1 aromatic carbocycles. The fraction of sp³-hybridized carbons (Fsp3) is 0.318. The molecule has 1 aliphatic rings. The third-order valence-electron chi connectivity index (χ3n) is 5.52. The van der Waals surface area contributed by atoms with Crippen molar-refractivity contribution < 1.29 is 9.59 Å². The summed E-state index contributed by atoms with van der Waals surface area (Å²) in [7, 11) is 2.00. The zero-order valence-corrected chi connectivity index (χ0v) is 16.1. The largest absolute Gasteiger partial charge is 0.350 e. The van der Waals surface area contributed by atoms with E-state index in [-0.39, 0.29) is 17.7 Å². The number of nitrogens with one attached hydrogen (secondary N) is 2. The Bertz CT molecular complexity index is 1010. The molecule has 2 N–H and O–H groups in total. The lowest BCUT2D eigenvalue weighted by Crippen LogP contribution is -2.63. The molecule has 3 atom stereocenters. The van der Waals surface area contributed by atoms with Crippen molar-refractivity contribution in [2.24, 2.45) is 7.05 Å². The van der Waals surface area contributed by atoms with Gasteiger partial charge in [0.1, 0.15) is 12.1 Å². The number of rotatable bonds is 5. The second-order valence-electron chi connectivity index (χ2n) is 7.30. The summed E-state index contributed by atoms with van der Waals surface area (Å²) in [6.07, 6.45) is 4.89. The van der Waals surface area contributed by atoms with Gasteiger partial charge in [0.05, 0.1) is 0 Å². The van der Waals surface area contributed by atoms with Crippen LogP contribution in [0.1, 0.15) is 30.5 Å². The van der Waals surface area contributed by atoms with Gasteiger partial charge < -0.3 is 15.2 Å². The second-order valence-corrected chi connectivity index (χ2v) is 7.30. The molecule has 1 aliphatic heterocycles. The van der Waals surface area contributed by atoms with Crippen molar-refractivity contribution in [2.75, 3.05) is 0 Å². The van der Waals surface area contributed by atoms with E-state index in [1.165, 1.54) is 0 Å². The van der Waals surface area contributed by atoms with Crippen LogP contribution in [0, 0.1) is 0 Å². The number of hydrogen-bond acceptors (Lipinski definition) is 3. The summed E-state index contributed by atoms with van der Waals surface area (Å²) in [5.74, 6) is -0.389. The average Bonchev–Trinajstić information content (AvgIpc) is 3.04. The molecule has 6 nitrogen and oxygen atoms in total. The van der Waals surface area contributed by atoms with Crippen molar-refractivity contribution >= 4 is 22.7 Å². The zero-order chi connectivity index (χ0) is 19.7. The standard InChI is InChI=1S/C22H24N4O2/c1-3-15(17-13-26(2)19-10-5-4-9-16(17)19)20-22(28)24-18(21(27)25-20)12-14-8-6-7-11-23-14/h4-11,13,15,18,20H,3,12H2,1-2H3,(H,24,28)(H,25,27)/t15-,18?,20-/m1/s1. The first-order chi connectivity index (χ1) is 13.6. The second kappa shape index (κ2) is 7.46. The Labute approximate surface area is 164 Å². The Morgan fingerprint density at radius 2 is 1.86 bits per heavy atom. The lowest BCUT2D eigenvalue weighted by atomic mass is 9.86. The monoisotopic (exact) mass is 376 g/mol. The summed E-state index contributed by atoms with van der Waals surface area (Å²) >= 11 is 0. The van der Waals surface area contributed by atoms with Gasteiger partial charge in [-0.2, -0.15) is 0 Å². The van der Waals surface area contributed by atoms with Gasteiger partial charge in [0.15, 0.2) is 0 Å². The fourth-order valence-electron chi connectivity index (χ4n) is 4.11. The van der Waals surface area contributed by atoms with Crippen LogP contribution in [0.3, 0.4) is 0 Å². The van der Waals surface area contributed by atoms with E-state index >= 15 is 0 Å². The zero-order valence-electron chi connectivity index (χ0n) is 16.1. The van der Waals surface area contributed by atoms with Gasteiger partial charge in [-0.3, -0.25) is 14.6 Å². The molecular weight excluding hydrogens is 352 g/mol. The number of piperazine rings is 1. The van der Waals surface area contributed by atoms with Crippen LogP contribution < -0.4 is 10.6 Å². The van der Waals surface area contributed by atoms with Gasteiger partial charge in [0, 0.05) is 48.4 Å². The maximum Gasteiger partial charge on any atom is 0.243 e. The summed E-state index contributed by atoms with van der Waals surface area (Å²) in [4.78, 5) is 29.9. The van der Waals surface area contributed by atoms with Gasteiger partial charge in [0.25, 0.3) is 0 Å². The van der Waals surface area contributed by atoms with E-state index in [0.717, 1.165) is 28.6 Å². The molecule has 4 rings (SSSR count). The molecule has 2 amide bonds. The molecule has 0 spiro atoms. The third kappa shape index (κ3) is 3.26. The topological polar surface area (TPSA) is 76.0 Å². The smallest absolute Gasteiger partial charge is 0.243 e. The first kappa shape index (κ1) is 18.2. The van der Waals surface area contributed by atoms with Crippen molar-refractivity contribution in [1.29, 1.82) is 0 Å². The molecule has 0 radical (unpaired) electrons. The highest BCUT2D eigenvalue weighted by atomic mass is 16.2. The van der Waals surface area contributed by atoms with Crippen LogP contribution in [0.5, 0.6) is 0 Å². The number of carbonyl (C=O) groups is 2. The minimum absolute atomic E-state index is 0.0918. The predicted molar refractivity (Wildman–Crippen MR) is 108 cm³/mol. The number of amides is 2. The van der Waals surface area contributed by atoms with Crippen LogP contribution in [0.15, 0.2) is 54.9 Å². The lowest BCUT2D eigenvalue weighted by Gasteiger charge is -2.34. The summed E-state index contributed by atoms with van der Waals surface area (Å²) in [6.45, 7) is 2.05. The number of benzene rings is 1. The Morgan fingerprint density at radius 1 is 1.07 bits per heavy atom. The number of carbonyl (C=O) groups excluding carboxylic acids is 2. The van der Waals surface area contributed by atoms with E-state index in [9.17, 15) is 9.59 Å². The first-order valence-corrected chi connectivity index (χ1v) is 9.63. The van der Waals surface area contributed by atoms with E-state index < -0.39 is 12.1 Å². The number of fused-ring (bicyclic) bond motifs is 1. The van der Waals surface area contributed by atoms with E-state index in [1.54, 1.807) is 6.20 Å². The minimum atomic E-state index is -0.594. The van der Waals surface area contributed by atoms with E-state index in [4.69, 9.17) is 0 Å². The molecule has 1 saturated heterocycles. The van der Waals surface area contributed by atoms with Gasteiger partial charge in [-0.15, -0.1) is 0 Å². The first-order valence-electron chi connectivity index (χ1n) is 9.63. The molecule has 1 fully saturated rings. The molecule has 0 aliphatic carbocycles. The minimum Gasteiger partial charge on any atom is -0.350 e. The number of aromatic nitrogens is 2. The number of nitrogens with zero attached hydrogens (tertiary/aromatic N) is 2. The molecule has 144 valence electrons. The third-order valence-corrected chi connectivity index (χ3v) is 5.52. The molecule has 0 bridgehead atoms.